The normalized spacial score (nSPS) is 14.8. The highest BCUT2D eigenvalue weighted by Crippen LogP contribution is 2.38. The lowest BCUT2D eigenvalue weighted by molar-refractivity contribution is -0.144. The first-order chi connectivity index (χ1) is 14.4. The van der Waals surface area contributed by atoms with E-state index in [9.17, 15) is 13.2 Å². The number of aromatic nitrogens is 3. The first-order valence-corrected chi connectivity index (χ1v) is 9.32. The van der Waals surface area contributed by atoms with Gasteiger partial charge in [0.05, 0.1) is 19.7 Å². The molecule has 0 bridgehead atoms. The fourth-order valence-electron chi connectivity index (χ4n) is 3.50. The van der Waals surface area contributed by atoms with Crippen LogP contribution in [-0.2, 0) is 6.18 Å². The third kappa shape index (κ3) is 3.77. The number of pyridine rings is 1. The molecule has 30 heavy (non-hydrogen) atoms. The lowest BCUT2D eigenvalue weighted by Gasteiger charge is -2.36. The maximum atomic E-state index is 13.5. The number of piperazine rings is 1. The monoisotopic (exact) mass is 419 g/mol. The van der Waals surface area contributed by atoms with Crippen molar-refractivity contribution in [2.45, 2.75) is 6.18 Å². The molecule has 2 aromatic heterocycles. The second-order valence-corrected chi connectivity index (χ2v) is 6.75. The van der Waals surface area contributed by atoms with Crippen LogP contribution in [0.2, 0.25) is 0 Å². The van der Waals surface area contributed by atoms with Crippen molar-refractivity contribution >= 4 is 22.5 Å². The van der Waals surface area contributed by atoms with Gasteiger partial charge in [0, 0.05) is 43.8 Å². The largest absolute Gasteiger partial charge is 0.493 e. The van der Waals surface area contributed by atoms with Gasteiger partial charge in [0.2, 0.25) is 5.82 Å². The molecule has 10 heteroatoms. The highest BCUT2D eigenvalue weighted by Gasteiger charge is 2.36. The molecule has 7 nitrogen and oxygen atoms in total. The van der Waals surface area contributed by atoms with Crippen molar-refractivity contribution in [1.82, 2.24) is 15.0 Å². The summed E-state index contributed by atoms with van der Waals surface area (Å²) in [5.41, 5.74) is 0.150. The SMILES string of the molecule is COc1cc2nc(C(F)(F)F)nc(N3CCN(c4ccccn4)CC3)c2cc1OC. The molecule has 0 radical (unpaired) electrons. The van der Waals surface area contributed by atoms with E-state index in [0.29, 0.717) is 43.1 Å². The number of ether oxygens (including phenoxy) is 2. The predicted molar refractivity (Wildman–Crippen MR) is 106 cm³/mol. The summed E-state index contributed by atoms with van der Waals surface area (Å²) in [5, 5.41) is 0.479. The zero-order valence-electron chi connectivity index (χ0n) is 16.5. The van der Waals surface area contributed by atoms with Gasteiger partial charge < -0.3 is 19.3 Å². The Morgan fingerprint density at radius 2 is 1.57 bits per heavy atom. The molecule has 0 saturated carbocycles. The van der Waals surface area contributed by atoms with Crippen LogP contribution in [0.3, 0.4) is 0 Å². The van der Waals surface area contributed by atoms with E-state index in [1.54, 1.807) is 12.3 Å². The van der Waals surface area contributed by atoms with Crippen LogP contribution in [0.15, 0.2) is 36.5 Å². The Hall–Kier alpha value is -3.30. The van der Waals surface area contributed by atoms with E-state index in [1.807, 2.05) is 23.1 Å². The van der Waals surface area contributed by atoms with Crippen molar-refractivity contribution in [3.63, 3.8) is 0 Å². The molecular weight excluding hydrogens is 399 g/mol. The number of nitrogens with zero attached hydrogens (tertiary/aromatic N) is 5. The summed E-state index contributed by atoms with van der Waals surface area (Å²) >= 11 is 0. The number of fused-ring (bicyclic) bond motifs is 1. The van der Waals surface area contributed by atoms with Crippen LogP contribution in [0, 0.1) is 0 Å². The molecule has 0 spiro atoms. The van der Waals surface area contributed by atoms with Gasteiger partial charge in [0.15, 0.2) is 11.5 Å². The Bertz CT molecular complexity index is 1040. The molecule has 1 fully saturated rings. The van der Waals surface area contributed by atoms with Crippen molar-refractivity contribution in [2.24, 2.45) is 0 Å². The third-order valence-corrected chi connectivity index (χ3v) is 4.99. The number of halogens is 3. The smallest absolute Gasteiger partial charge is 0.451 e. The number of methoxy groups -OCH3 is 2. The lowest BCUT2D eigenvalue weighted by atomic mass is 10.1. The molecule has 4 rings (SSSR count). The van der Waals surface area contributed by atoms with Crippen molar-refractivity contribution in [3.8, 4) is 11.5 Å². The molecule has 0 atom stereocenters. The third-order valence-electron chi connectivity index (χ3n) is 4.99. The summed E-state index contributed by atoms with van der Waals surface area (Å²) in [5.74, 6) is 0.606. The van der Waals surface area contributed by atoms with Crippen molar-refractivity contribution < 1.29 is 22.6 Å². The molecule has 0 aliphatic carbocycles. The van der Waals surface area contributed by atoms with Gasteiger partial charge in [0.25, 0.3) is 0 Å². The Kier molecular flexibility index (Phi) is 5.23. The van der Waals surface area contributed by atoms with Gasteiger partial charge in [-0.15, -0.1) is 0 Å². The average Bonchev–Trinajstić information content (AvgIpc) is 2.77. The minimum absolute atomic E-state index is 0.150. The molecule has 0 unspecified atom stereocenters. The van der Waals surface area contributed by atoms with E-state index in [0.717, 1.165) is 5.82 Å². The maximum Gasteiger partial charge on any atom is 0.451 e. The number of rotatable bonds is 4. The fourth-order valence-corrected chi connectivity index (χ4v) is 3.50. The van der Waals surface area contributed by atoms with E-state index in [1.165, 1.54) is 20.3 Å². The summed E-state index contributed by atoms with van der Waals surface area (Å²) in [6, 6.07) is 8.72. The van der Waals surface area contributed by atoms with Gasteiger partial charge in [-0.25, -0.2) is 15.0 Å². The van der Waals surface area contributed by atoms with Crippen LogP contribution in [0.25, 0.3) is 10.9 Å². The summed E-state index contributed by atoms with van der Waals surface area (Å²) in [6.07, 6.45) is -2.94. The molecule has 0 amide bonds. The topological polar surface area (TPSA) is 63.6 Å². The number of alkyl halides is 3. The lowest BCUT2D eigenvalue weighted by Crippen LogP contribution is -2.47. The highest BCUT2D eigenvalue weighted by molar-refractivity contribution is 5.92. The van der Waals surface area contributed by atoms with Crippen LogP contribution in [0.4, 0.5) is 24.8 Å². The van der Waals surface area contributed by atoms with Gasteiger partial charge >= 0.3 is 6.18 Å². The maximum absolute atomic E-state index is 13.5. The highest BCUT2D eigenvalue weighted by atomic mass is 19.4. The summed E-state index contributed by atoms with van der Waals surface area (Å²) in [4.78, 5) is 15.9. The van der Waals surface area contributed by atoms with Gasteiger partial charge in [0.1, 0.15) is 11.6 Å². The second kappa shape index (κ2) is 7.85. The van der Waals surface area contributed by atoms with E-state index >= 15 is 0 Å². The van der Waals surface area contributed by atoms with Gasteiger partial charge in [-0.1, -0.05) is 6.07 Å². The first-order valence-electron chi connectivity index (χ1n) is 9.32. The van der Waals surface area contributed by atoms with Crippen molar-refractivity contribution in [2.75, 3.05) is 50.2 Å². The van der Waals surface area contributed by atoms with Crippen LogP contribution in [-0.4, -0.2) is 55.4 Å². The Balaban J connectivity index is 1.73. The fraction of sp³-hybridized carbons (Fsp3) is 0.350. The molecule has 1 aromatic carbocycles. The number of hydrogen-bond donors (Lipinski definition) is 0. The van der Waals surface area contributed by atoms with Crippen LogP contribution in [0.1, 0.15) is 5.82 Å². The standard InChI is InChI=1S/C20H20F3N5O2/c1-29-15-11-13-14(12-16(15)30-2)25-19(20(21,22)23)26-18(13)28-9-7-27(8-10-28)17-5-3-4-6-24-17/h3-6,11-12H,7-10H2,1-2H3. The zero-order valence-corrected chi connectivity index (χ0v) is 16.5. The minimum atomic E-state index is -4.66. The Morgan fingerprint density at radius 3 is 2.17 bits per heavy atom. The van der Waals surface area contributed by atoms with E-state index in [4.69, 9.17) is 9.47 Å². The van der Waals surface area contributed by atoms with Gasteiger partial charge in [-0.3, -0.25) is 0 Å². The molecule has 1 saturated heterocycles. The molecule has 1 aliphatic heterocycles. The van der Waals surface area contributed by atoms with Crippen molar-refractivity contribution in [1.29, 1.82) is 0 Å². The molecule has 1 aliphatic rings. The van der Waals surface area contributed by atoms with E-state index in [-0.39, 0.29) is 11.3 Å². The van der Waals surface area contributed by atoms with Gasteiger partial charge in [-0.2, -0.15) is 13.2 Å². The predicted octanol–water partition coefficient (Wildman–Crippen LogP) is 3.39. The Labute approximate surface area is 171 Å². The Morgan fingerprint density at radius 1 is 0.900 bits per heavy atom. The summed E-state index contributed by atoms with van der Waals surface area (Å²) in [6.45, 7) is 2.21. The number of hydrogen-bond acceptors (Lipinski definition) is 7. The van der Waals surface area contributed by atoms with Crippen LogP contribution >= 0.6 is 0 Å². The first kappa shape index (κ1) is 20.0. The second-order valence-electron chi connectivity index (χ2n) is 6.75. The van der Waals surface area contributed by atoms with Crippen LogP contribution in [0.5, 0.6) is 11.5 Å². The zero-order chi connectivity index (χ0) is 21.3. The number of benzene rings is 1. The summed E-state index contributed by atoms with van der Waals surface area (Å²) in [7, 11) is 2.90. The summed E-state index contributed by atoms with van der Waals surface area (Å²) < 4.78 is 50.9. The molecule has 3 aromatic rings. The molecular formula is C20H20F3N5O2. The number of anilines is 2. The quantitative estimate of drug-likeness (QED) is 0.642. The van der Waals surface area contributed by atoms with E-state index < -0.39 is 12.0 Å². The average molecular weight is 419 g/mol. The minimum Gasteiger partial charge on any atom is -0.493 e. The van der Waals surface area contributed by atoms with Crippen molar-refractivity contribution in [3.05, 3.63) is 42.4 Å². The van der Waals surface area contributed by atoms with E-state index in [2.05, 4.69) is 19.9 Å². The molecule has 158 valence electrons. The molecule has 0 N–H and O–H groups in total. The van der Waals surface area contributed by atoms with Crippen LogP contribution < -0.4 is 19.3 Å². The molecule has 3 heterocycles. The van der Waals surface area contributed by atoms with Gasteiger partial charge in [-0.05, 0) is 18.2 Å².